The number of esters is 1. The van der Waals surface area contributed by atoms with Gasteiger partial charge in [0.25, 0.3) is 0 Å². The standard InChI is InChI=1S/C9H20NO5P/c1-4-13-9(11)7-8(10)16(12,14-5-2)15-6-3/h8H,4-7,10H2,1-3H3. The van der Waals surface area contributed by atoms with Crippen LogP contribution in [0.2, 0.25) is 0 Å². The maximum Gasteiger partial charge on any atom is 0.347 e. The number of carbonyl (C=O) groups excluding carboxylic acids is 1. The van der Waals surface area contributed by atoms with Crippen LogP contribution in [0.1, 0.15) is 27.2 Å². The Morgan fingerprint density at radius 2 is 1.69 bits per heavy atom. The minimum absolute atomic E-state index is 0.175. The molecule has 1 unspecified atom stereocenters. The van der Waals surface area contributed by atoms with Crippen molar-refractivity contribution in [2.75, 3.05) is 19.8 Å². The molecule has 0 fully saturated rings. The van der Waals surface area contributed by atoms with Gasteiger partial charge in [0.05, 0.1) is 26.2 Å². The molecule has 0 bridgehead atoms. The van der Waals surface area contributed by atoms with Crippen molar-refractivity contribution in [1.82, 2.24) is 0 Å². The summed E-state index contributed by atoms with van der Waals surface area (Å²) in [4.78, 5) is 11.2. The Bertz CT molecular complexity index is 248. The van der Waals surface area contributed by atoms with Crippen molar-refractivity contribution in [3.63, 3.8) is 0 Å². The predicted molar refractivity (Wildman–Crippen MR) is 60.1 cm³/mol. The molecule has 7 heteroatoms. The molecular formula is C9H20NO5P. The van der Waals surface area contributed by atoms with Crippen molar-refractivity contribution in [1.29, 1.82) is 0 Å². The van der Waals surface area contributed by atoms with Crippen LogP contribution in [0.5, 0.6) is 0 Å². The Morgan fingerprint density at radius 1 is 1.19 bits per heavy atom. The monoisotopic (exact) mass is 253 g/mol. The number of hydrogen-bond acceptors (Lipinski definition) is 6. The molecule has 0 aliphatic rings. The van der Waals surface area contributed by atoms with Crippen molar-refractivity contribution in [2.24, 2.45) is 5.73 Å². The molecule has 2 N–H and O–H groups in total. The Morgan fingerprint density at radius 3 is 2.06 bits per heavy atom. The van der Waals surface area contributed by atoms with Crippen molar-refractivity contribution < 1.29 is 23.1 Å². The highest BCUT2D eigenvalue weighted by atomic mass is 31.2. The molecule has 0 spiro atoms. The van der Waals surface area contributed by atoms with Crippen LogP contribution in [0.4, 0.5) is 0 Å². The predicted octanol–water partition coefficient (Wildman–Crippen LogP) is 1.49. The van der Waals surface area contributed by atoms with Gasteiger partial charge in [-0.05, 0) is 20.8 Å². The Hall–Kier alpha value is -0.420. The Balaban J connectivity index is 4.43. The smallest absolute Gasteiger partial charge is 0.347 e. The lowest BCUT2D eigenvalue weighted by Crippen LogP contribution is -2.27. The van der Waals surface area contributed by atoms with E-state index in [1.807, 2.05) is 0 Å². The van der Waals surface area contributed by atoms with Gasteiger partial charge in [-0.2, -0.15) is 0 Å². The second kappa shape index (κ2) is 7.79. The summed E-state index contributed by atoms with van der Waals surface area (Å²) >= 11 is 0. The van der Waals surface area contributed by atoms with Gasteiger partial charge in [0, 0.05) is 0 Å². The van der Waals surface area contributed by atoms with Crippen molar-refractivity contribution in [3.8, 4) is 0 Å². The molecule has 0 heterocycles. The zero-order chi connectivity index (χ0) is 12.6. The van der Waals surface area contributed by atoms with Gasteiger partial charge in [0.2, 0.25) is 0 Å². The molecule has 0 saturated carbocycles. The summed E-state index contributed by atoms with van der Waals surface area (Å²) < 4.78 is 26.8. The highest BCUT2D eigenvalue weighted by Crippen LogP contribution is 2.51. The maximum absolute atomic E-state index is 12.1. The quantitative estimate of drug-likeness (QED) is 0.521. The molecule has 0 aromatic rings. The third kappa shape index (κ3) is 5.07. The van der Waals surface area contributed by atoms with Gasteiger partial charge in [-0.3, -0.25) is 9.36 Å². The van der Waals surface area contributed by atoms with Crippen molar-refractivity contribution in [2.45, 2.75) is 33.0 Å². The lowest BCUT2D eigenvalue weighted by molar-refractivity contribution is -0.143. The summed E-state index contributed by atoms with van der Waals surface area (Å²) in [6.07, 6.45) is -0.175. The van der Waals surface area contributed by atoms with Crippen LogP contribution in [-0.4, -0.2) is 31.6 Å². The molecule has 0 aliphatic heterocycles. The van der Waals surface area contributed by atoms with Crippen LogP contribution in [0.3, 0.4) is 0 Å². The number of rotatable bonds is 8. The Kier molecular flexibility index (Phi) is 7.58. The van der Waals surface area contributed by atoms with Crippen molar-refractivity contribution in [3.05, 3.63) is 0 Å². The molecule has 1 atom stereocenters. The molecule has 0 rings (SSSR count). The number of carbonyl (C=O) groups is 1. The van der Waals surface area contributed by atoms with Crippen LogP contribution in [-0.2, 0) is 23.1 Å². The van der Waals surface area contributed by atoms with Crippen LogP contribution in [0.25, 0.3) is 0 Å². The van der Waals surface area contributed by atoms with Gasteiger partial charge >= 0.3 is 13.6 Å². The topological polar surface area (TPSA) is 87.9 Å². The molecule has 0 amide bonds. The zero-order valence-corrected chi connectivity index (χ0v) is 10.9. The fourth-order valence-corrected chi connectivity index (χ4v) is 2.64. The maximum atomic E-state index is 12.1. The van der Waals surface area contributed by atoms with E-state index in [9.17, 15) is 9.36 Å². The van der Waals surface area contributed by atoms with E-state index < -0.39 is 19.3 Å². The molecule has 0 aromatic heterocycles. The van der Waals surface area contributed by atoms with Gasteiger partial charge < -0.3 is 19.5 Å². The van der Waals surface area contributed by atoms with E-state index in [2.05, 4.69) is 0 Å². The van der Waals surface area contributed by atoms with Crippen molar-refractivity contribution >= 4 is 13.6 Å². The third-order valence-corrected chi connectivity index (χ3v) is 3.94. The van der Waals surface area contributed by atoms with E-state index >= 15 is 0 Å². The third-order valence-electron chi connectivity index (χ3n) is 1.71. The lowest BCUT2D eigenvalue weighted by Gasteiger charge is -2.22. The van der Waals surface area contributed by atoms with Gasteiger partial charge in [0.1, 0.15) is 5.78 Å². The summed E-state index contributed by atoms with van der Waals surface area (Å²) in [5, 5.41) is 0. The van der Waals surface area contributed by atoms with Gasteiger partial charge in [0.15, 0.2) is 0 Å². The minimum Gasteiger partial charge on any atom is -0.466 e. The van der Waals surface area contributed by atoms with E-state index in [4.69, 9.17) is 19.5 Å². The lowest BCUT2D eigenvalue weighted by atomic mass is 10.4. The second-order valence-corrected chi connectivity index (χ2v) is 5.21. The van der Waals surface area contributed by atoms with Crippen LogP contribution in [0.15, 0.2) is 0 Å². The largest absolute Gasteiger partial charge is 0.466 e. The van der Waals surface area contributed by atoms with E-state index in [0.717, 1.165) is 0 Å². The van der Waals surface area contributed by atoms with Crippen LogP contribution in [0, 0.1) is 0 Å². The number of hydrogen-bond donors (Lipinski definition) is 1. The van der Waals surface area contributed by atoms with E-state index in [0.29, 0.717) is 0 Å². The van der Waals surface area contributed by atoms with Gasteiger partial charge in [-0.25, -0.2) is 0 Å². The summed E-state index contributed by atoms with van der Waals surface area (Å²) in [5.41, 5.74) is 5.64. The summed E-state index contributed by atoms with van der Waals surface area (Å²) in [5.74, 6) is -1.49. The molecule has 0 saturated heterocycles. The molecule has 96 valence electrons. The number of ether oxygens (including phenoxy) is 1. The highest BCUT2D eigenvalue weighted by Gasteiger charge is 2.34. The van der Waals surface area contributed by atoms with Crippen LogP contribution >= 0.6 is 7.60 Å². The molecule has 6 nitrogen and oxygen atoms in total. The van der Waals surface area contributed by atoms with E-state index in [1.54, 1.807) is 20.8 Å². The molecule has 0 aliphatic carbocycles. The molecule has 16 heavy (non-hydrogen) atoms. The minimum atomic E-state index is -3.41. The summed E-state index contributed by atoms with van der Waals surface area (Å²) in [6.45, 7) is 5.75. The average Bonchev–Trinajstić information content (AvgIpc) is 2.18. The summed E-state index contributed by atoms with van der Waals surface area (Å²) in [7, 11) is -3.41. The number of nitrogens with two attached hydrogens (primary N) is 1. The molecule has 0 aromatic carbocycles. The first-order chi connectivity index (χ1) is 7.50. The Labute approximate surface area is 96.0 Å². The highest BCUT2D eigenvalue weighted by molar-refractivity contribution is 7.54. The first kappa shape index (κ1) is 15.6. The molecular weight excluding hydrogens is 233 g/mol. The average molecular weight is 253 g/mol. The zero-order valence-electron chi connectivity index (χ0n) is 9.97. The SMILES string of the molecule is CCOC(=O)CC(N)P(=O)(OCC)OCC. The second-order valence-electron chi connectivity index (χ2n) is 2.95. The van der Waals surface area contributed by atoms with Crippen LogP contribution < -0.4 is 5.73 Å². The first-order valence-electron chi connectivity index (χ1n) is 5.30. The van der Waals surface area contributed by atoms with E-state index in [1.165, 1.54) is 0 Å². The van der Waals surface area contributed by atoms with E-state index in [-0.39, 0.29) is 26.2 Å². The molecule has 0 radical (unpaired) electrons. The fraction of sp³-hybridized carbons (Fsp3) is 0.889. The normalized spacial score (nSPS) is 13.5. The summed E-state index contributed by atoms with van der Waals surface area (Å²) in [6, 6.07) is 0. The van der Waals surface area contributed by atoms with Gasteiger partial charge in [-0.1, -0.05) is 0 Å². The first-order valence-corrected chi connectivity index (χ1v) is 6.91. The fourth-order valence-electron chi connectivity index (χ4n) is 1.09. The van der Waals surface area contributed by atoms with Gasteiger partial charge in [-0.15, -0.1) is 0 Å².